The van der Waals surface area contributed by atoms with E-state index in [-0.39, 0.29) is 37.1 Å². The second kappa shape index (κ2) is 7.76. The molecule has 0 bridgehead atoms. The Hall–Kier alpha value is -2.25. The van der Waals surface area contributed by atoms with Crippen molar-refractivity contribution in [3.63, 3.8) is 0 Å². The third-order valence-electron chi connectivity index (χ3n) is 4.79. The summed E-state index contributed by atoms with van der Waals surface area (Å²) >= 11 is 0. The zero-order chi connectivity index (χ0) is 17.8. The summed E-state index contributed by atoms with van der Waals surface area (Å²) in [5, 5.41) is 10.3. The molecule has 0 aliphatic carbocycles. The summed E-state index contributed by atoms with van der Waals surface area (Å²) in [6, 6.07) is 9.51. The maximum absolute atomic E-state index is 12.3. The maximum Gasteiger partial charge on any atom is 0.242 e. The molecule has 0 spiro atoms. The highest BCUT2D eigenvalue weighted by Gasteiger charge is 2.32. The molecule has 1 N–H and O–H groups in total. The highest BCUT2D eigenvalue weighted by atomic mass is 16.3. The fourth-order valence-electron chi connectivity index (χ4n) is 3.24. The Morgan fingerprint density at radius 3 is 2.20 bits per heavy atom. The lowest BCUT2D eigenvalue weighted by molar-refractivity contribution is -0.146. The molecule has 2 aliphatic heterocycles. The predicted octanol–water partition coefficient (Wildman–Crippen LogP) is 0.0132. The van der Waals surface area contributed by atoms with Crippen molar-refractivity contribution < 1.29 is 19.5 Å². The standard InChI is InChI=1S/C18H23N3O4/c22-15(14-4-2-1-3-5-14)12-19-8-10-20(11-9-19)18(25)13-21-16(23)6-7-17(21)24/h1-5,15,22H,6-13H2/t15-/m1/s1. The molecular weight excluding hydrogens is 322 g/mol. The minimum absolute atomic E-state index is 0.149. The number of aliphatic hydroxyl groups excluding tert-OH is 1. The molecule has 7 heteroatoms. The molecule has 0 radical (unpaired) electrons. The van der Waals surface area contributed by atoms with Crippen LogP contribution < -0.4 is 0 Å². The summed E-state index contributed by atoms with van der Waals surface area (Å²) in [5.74, 6) is -0.710. The largest absolute Gasteiger partial charge is 0.387 e. The number of β-amino-alcohol motifs (C(OH)–C–C–N with tert-alkyl or cyclic N) is 1. The lowest BCUT2D eigenvalue weighted by atomic mass is 10.1. The SMILES string of the molecule is O=C(CN1C(=O)CCC1=O)N1CCN(C[C@@H](O)c2ccccc2)CC1. The van der Waals surface area contributed by atoms with Crippen LogP contribution >= 0.6 is 0 Å². The Kier molecular flexibility index (Phi) is 5.45. The average Bonchev–Trinajstić information content (AvgIpc) is 2.95. The van der Waals surface area contributed by atoms with Gasteiger partial charge in [0.15, 0.2) is 0 Å². The predicted molar refractivity (Wildman–Crippen MR) is 90.4 cm³/mol. The van der Waals surface area contributed by atoms with Crippen molar-refractivity contribution in [2.45, 2.75) is 18.9 Å². The Bertz CT molecular complexity index is 625. The fourth-order valence-corrected chi connectivity index (χ4v) is 3.24. The van der Waals surface area contributed by atoms with Crippen LogP contribution in [0.4, 0.5) is 0 Å². The summed E-state index contributed by atoms with van der Waals surface area (Å²) in [5.41, 5.74) is 0.882. The first-order valence-electron chi connectivity index (χ1n) is 8.61. The first-order valence-corrected chi connectivity index (χ1v) is 8.61. The number of benzene rings is 1. The van der Waals surface area contributed by atoms with E-state index in [0.717, 1.165) is 10.5 Å². The van der Waals surface area contributed by atoms with Gasteiger partial charge in [0.25, 0.3) is 0 Å². The Morgan fingerprint density at radius 1 is 1.00 bits per heavy atom. The van der Waals surface area contributed by atoms with Gasteiger partial charge >= 0.3 is 0 Å². The van der Waals surface area contributed by atoms with Gasteiger partial charge in [-0.1, -0.05) is 30.3 Å². The van der Waals surface area contributed by atoms with Gasteiger partial charge in [0.2, 0.25) is 17.7 Å². The van der Waals surface area contributed by atoms with Crippen molar-refractivity contribution in [1.82, 2.24) is 14.7 Å². The van der Waals surface area contributed by atoms with Crippen molar-refractivity contribution in [2.24, 2.45) is 0 Å². The number of nitrogens with zero attached hydrogens (tertiary/aromatic N) is 3. The van der Waals surface area contributed by atoms with Crippen LogP contribution in [0.5, 0.6) is 0 Å². The zero-order valence-corrected chi connectivity index (χ0v) is 14.1. The molecule has 3 rings (SSSR count). The van der Waals surface area contributed by atoms with E-state index >= 15 is 0 Å². The number of likely N-dealkylation sites (tertiary alicyclic amines) is 1. The first kappa shape index (κ1) is 17.6. The highest BCUT2D eigenvalue weighted by molar-refractivity contribution is 6.04. The molecule has 1 aromatic carbocycles. The summed E-state index contributed by atoms with van der Waals surface area (Å²) in [6.45, 7) is 2.78. The molecule has 2 fully saturated rings. The van der Waals surface area contributed by atoms with E-state index in [1.807, 2.05) is 30.3 Å². The van der Waals surface area contributed by atoms with Gasteiger partial charge in [0, 0.05) is 45.6 Å². The molecule has 0 saturated carbocycles. The van der Waals surface area contributed by atoms with Gasteiger partial charge in [-0.2, -0.15) is 0 Å². The van der Waals surface area contributed by atoms with Crippen LogP contribution in [-0.4, -0.2) is 76.8 Å². The number of amides is 3. The normalized spacial score (nSPS) is 20.2. The van der Waals surface area contributed by atoms with Gasteiger partial charge in [-0.15, -0.1) is 0 Å². The molecule has 0 unspecified atom stereocenters. The van der Waals surface area contributed by atoms with Crippen LogP contribution in [0, 0.1) is 0 Å². The van der Waals surface area contributed by atoms with E-state index in [0.29, 0.717) is 32.7 Å². The molecule has 1 aromatic rings. The number of hydrogen-bond acceptors (Lipinski definition) is 5. The van der Waals surface area contributed by atoms with Crippen LogP contribution in [-0.2, 0) is 14.4 Å². The van der Waals surface area contributed by atoms with Crippen molar-refractivity contribution in [1.29, 1.82) is 0 Å². The highest BCUT2D eigenvalue weighted by Crippen LogP contribution is 2.16. The van der Waals surface area contributed by atoms with Gasteiger partial charge < -0.3 is 10.0 Å². The number of aliphatic hydroxyl groups is 1. The number of carbonyl (C=O) groups excluding carboxylic acids is 3. The minimum atomic E-state index is -0.553. The second-order valence-electron chi connectivity index (χ2n) is 6.48. The molecule has 25 heavy (non-hydrogen) atoms. The number of rotatable bonds is 5. The van der Waals surface area contributed by atoms with E-state index in [2.05, 4.69) is 4.90 Å². The number of imide groups is 1. The minimum Gasteiger partial charge on any atom is -0.387 e. The van der Waals surface area contributed by atoms with Gasteiger partial charge in [-0.25, -0.2) is 0 Å². The van der Waals surface area contributed by atoms with Gasteiger partial charge in [-0.3, -0.25) is 24.2 Å². The lowest BCUT2D eigenvalue weighted by Crippen LogP contribution is -2.52. The molecular formula is C18H23N3O4. The lowest BCUT2D eigenvalue weighted by Gasteiger charge is -2.36. The second-order valence-corrected chi connectivity index (χ2v) is 6.48. The van der Waals surface area contributed by atoms with Crippen molar-refractivity contribution in [3.8, 4) is 0 Å². The fraction of sp³-hybridized carbons (Fsp3) is 0.500. The van der Waals surface area contributed by atoms with Gasteiger partial charge in [0.05, 0.1) is 6.10 Å². The smallest absolute Gasteiger partial charge is 0.242 e. The van der Waals surface area contributed by atoms with Crippen LogP contribution in [0.2, 0.25) is 0 Å². The van der Waals surface area contributed by atoms with E-state index in [1.165, 1.54) is 0 Å². The monoisotopic (exact) mass is 345 g/mol. The van der Waals surface area contributed by atoms with Crippen molar-refractivity contribution >= 4 is 17.7 Å². The van der Waals surface area contributed by atoms with Gasteiger partial charge in [0.1, 0.15) is 6.54 Å². The summed E-state index contributed by atoms with van der Waals surface area (Å²) in [7, 11) is 0. The van der Waals surface area contributed by atoms with Gasteiger partial charge in [-0.05, 0) is 5.56 Å². The average molecular weight is 345 g/mol. The first-order chi connectivity index (χ1) is 12.0. The van der Waals surface area contributed by atoms with Crippen molar-refractivity contribution in [2.75, 3.05) is 39.3 Å². The molecule has 7 nitrogen and oxygen atoms in total. The van der Waals surface area contributed by atoms with Crippen LogP contribution in [0.15, 0.2) is 30.3 Å². The van der Waals surface area contributed by atoms with E-state index in [1.54, 1.807) is 4.90 Å². The molecule has 2 saturated heterocycles. The molecule has 3 amide bonds. The molecule has 0 aromatic heterocycles. The molecule has 134 valence electrons. The van der Waals surface area contributed by atoms with Crippen LogP contribution in [0.3, 0.4) is 0 Å². The number of carbonyl (C=O) groups is 3. The summed E-state index contributed by atoms with van der Waals surface area (Å²) < 4.78 is 0. The third kappa shape index (κ3) is 4.24. The van der Waals surface area contributed by atoms with Crippen molar-refractivity contribution in [3.05, 3.63) is 35.9 Å². The van der Waals surface area contributed by atoms with E-state index in [4.69, 9.17) is 0 Å². The molecule has 2 aliphatic rings. The Labute approximate surface area is 146 Å². The number of piperazine rings is 1. The number of hydrogen-bond donors (Lipinski definition) is 1. The Morgan fingerprint density at radius 2 is 1.60 bits per heavy atom. The van der Waals surface area contributed by atoms with Crippen LogP contribution in [0.25, 0.3) is 0 Å². The van der Waals surface area contributed by atoms with E-state index < -0.39 is 6.10 Å². The summed E-state index contributed by atoms with van der Waals surface area (Å²) in [4.78, 5) is 40.4. The third-order valence-corrected chi connectivity index (χ3v) is 4.79. The van der Waals surface area contributed by atoms with Crippen LogP contribution in [0.1, 0.15) is 24.5 Å². The molecule has 1 atom stereocenters. The van der Waals surface area contributed by atoms with E-state index in [9.17, 15) is 19.5 Å². The molecule has 2 heterocycles. The quantitative estimate of drug-likeness (QED) is 0.761. The maximum atomic E-state index is 12.3. The Balaban J connectivity index is 1.46. The summed E-state index contributed by atoms with van der Waals surface area (Å²) in [6.07, 6.45) is -0.141. The zero-order valence-electron chi connectivity index (χ0n) is 14.1. The topological polar surface area (TPSA) is 81.2 Å².